The lowest BCUT2D eigenvalue weighted by Crippen LogP contribution is -2.42. The second kappa shape index (κ2) is 8.25. The van der Waals surface area contributed by atoms with Crippen LogP contribution >= 0.6 is 11.6 Å². The van der Waals surface area contributed by atoms with Gasteiger partial charge in [0.2, 0.25) is 0 Å². The van der Waals surface area contributed by atoms with E-state index in [1.54, 1.807) is 6.07 Å². The van der Waals surface area contributed by atoms with Crippen LogP contribution < -0.4 is 15.4 Å². The van der Waals surface area contributed by atoms with Crippen LogP contribution in [0.4, 0.5) is 4.79 Å². The minimum Gasteiger partial charge on any atom is -0.493 e. The zero-order valence-corrected chi connectivity index (χ0v) is 13.5. The van der Waals surface area contributed by atoms with Gasteiger partial charge in [0.15, 0.2) is 0 Å². The largest absolute Gasteiger partial charge is 0.493 e. The van der Waals surface area contributed by atoms with Crippen molar-refractivity contribution in [2.24, 2.45) is 0 Å². The number of hydrogen-bond donors (Lipinski definition) is 3. The van der Waals surface area contributed by atoms with Crippen molar-refractivity contribution >= 4 is 17.6 Å². The molecule has 0 saturated heterocycles. The molecule has 1 aromatic carbocycles. The number of hydrogen-bond acceptors (Lipinski definition) is 3. The number of carbonyl (C=O) groups excluding carboxylic acids is 1. The van der Waals surface area contributed by atoms with Gasteiger partial charge in [-0.15, -0.1) is 0 Å². The molecule has 1 aliphatic rings. The lowest BCUT2D eigenvalue weighted by molar-refractivity contribution is 0.230. The summed E-state index contributed by atoms with van der Waals surface area (Å²) in [6.07, 6.45) is 3.13. The van der Waals surface area contributed by atoms with Crippen LogP contribution in [0.2, 0.25) is 5.02 Å². The van der Waals surface area contributed by atoms with E-state index in [2.05, 4.69) is 10.6 Å². The maximum Gasteiger partial charge on any atom is 0.315 e. The number of carbonyl (C=O) groups is 1. The van der Waals surface area contributed by atoms with Crippen LogP contribution in [0, 0.1) is 0 Å². The Morgan fingerprint density at radius 3 is 3.14 bits per heavy atom. The van der Waals surface area contributed by atoms with Crippen molar-refractivity contribution < 1.29 is 14.6 Å². The van der Waals surface area contributed by atoms with E-state index in [0.717, 1.165) is 30.6 Å². The van der Waals surface area contributed by atoms with Crippen molar-refractivity contribution in [3.8, 4) is 5.75 Å². The minimum absolute atomic E-state index is 0.0267. The Morgan fingerprint density at radius 1 is 1.55 bits per heavy atom. The standard InChI is InChI=1S/C16H23ClN2O3/c1-11(4-2-8-20)18-16(21)19-14-5-3-9-22-15-10-12(17)6-7-13(14)15/h6-7,10-11,14,20H,2-5,8-9H2,1H3,(H2,18,19,21). The zero-order chi connectivity index (χ0) is 15.9. The summed E-state index contributed by atoms with van der Waals surface area (Å²) >= 11 is 6.00. The Balaban J connectivity index is 1.99. The van der Waals surface area contributed by atoms with Crippen LogP contribution in [-0.4, -0.2) is 30.4 Å². The van der Waals surface area contributed by atoms with Crippen LogP contribution in [0.1, 0.15) is 44.2 Å². The molecule has 6 heteroatoms. The number of amides is 2. The normalized spacial score (nSPS) is 18.6. The maximum atomic E-state index is 12.1. The molecule has 0 bridgehead atoms. The molecule has 2 amide bonds. The summed E-state index contributed by atoms with van der Waals surface area (Å²) in [5.41, 5.74) is 0.958. The number of fused-ring (bicyclic) bond motifs is 1. The van der Waals surface area contributed by atoms with Gasteiger partial charge in [-0.1, -0.05) is 17.7 Å². The Labute approximate surface area is 136 Å². The van der Waals surface area contributed by atoms with Crippen LogP contribution in [0.3, 0.4) is 0 Å². The molecular formula is C16H23ClN2O3. The average Bonchev–Trinajstić information content (AvgIpc) is 2.67. The topological polar surface area (TPSA) is 70.6 Å². The molecule has 1 aromatic rings. The van der Waals surface area contributed by atoms with E-state index < -0.39 is 0 Å². The molecular weight excluding hydrogens is 304 g/mol. The third-order valence-corrected chi connectivity index (χ3v) is 3.96. The van der Waals surface area contributed by atoms with Gasteiger partial charge in [0.25, 0.3) is 0 Å². The summed E-state index contributed by atoms with van der Waals surface area (Å²) in [7, 11) is 0. The van der Waals surface area contributed by atoms with Gasteiger partial charge in [-0.3, -0.25) is 0 Å². The molecule has 122 valence electrons. The van der Waals surface area contributed by atoms with Gasteiger partial charge in [-0.2, -0.15) is 0 Å². The molecule has 0 saturated carbocycles. The van der Waals surface area contributed by atoms with Crippen molar-refractivity contribution in [3.05, 3.63) is 28.8 Å². The Hall–Kier alpha value is -1.46. The van der Waals surface area contributed by atoms with Crippen LogP contribution in [0.15, 0.2) is 18.2 Å². The smallest absolute Gasteiger partial charge is 0.315 e. The van der Waals surface area contributed by atoms with Gasteiger partial charge in [0.1, 0.15) is 5.75 Å². The van der Waals surface area contributed by atoms with Gasteiger partial charge in [0.05, 0.1) is 12.6 Å². The number of benzene rings is 1. The summed E-state index contributed by atoms with van der Waals surface area (Å²) in [6, 6.07) is 5.25. The van der Waals surface area contributed by atoms with Crippen LogP contribution in [-0.2, 0) is 0 Å². The highest BCUT2D eigenvalue weighted by atomic mass is 35.5. The fourth-order valence-electron chi connectivity index (χ4n) is 2.59. The van der Waals surface area contributed by atoms with Gasteiger partial charge in [-0.25, -0.2) is 4.79 Å². The first-order chi connectivity index (χ1) is 10.6. The molecule has 2 atom stereocenters. The number of nitrogens with one attached hydrogen (secondary N) is 2. The monoisotopic (exact) mass is 326 g/mol. The summed E-state index contributed by atoms with van der Waals surface area (Å²) in [4.78, 5) is 12.1. The van der Waals surface area contributed by atoms with E-state index in [1.807, 2.05) is 19.1 Å². The van der Waals surface area contributed by atoms with E-state index in [0.29, 0.717) is 18.1 Å². The molecule has 0 radical (unpaired) electrons. The maximum absolute atomic E-state index is 12.1. The van der Waals surface area contributed by atoms with Gasteiger partial charge >= 0.3 is 6.03 Å². The Kier molecular flexibility index (Phi) is 6.34. The number of halogens is 1. The van der Waals surface area contributed by atoms with E-state index in [4.69, 9.17) is 21.4 Å². The van der Waals surface area contributed by atoms with Crippen molar-refractivity contribution in [2.75, 3.05) is 13.2 Å². The first-order valence-electron chi connectivity index (χ1n) is 7.70. The fraction of sp³-hybridized carbons (Fsp3) is 0.562. The summed E-state index contributed by atoms with van der Waals surface area (Å²) in [5, 5.41) is 15.3. The van der Waals surface area contributed by atoms with E-state index in [1.165, 1.54) is 0 Å². The number of aliphatic hydroxyl groups excluding tert-OH is 1. The van der Waals surface area contributed by atoms with Gasteiger partial charge in [-0.05, 0) is 44.7 Å². The molecule has 0 aliphatic carbocycles. The SMILES string of the molecule is CC(CCCO)NC(=O)NC1CCCOc2cc(Cl)ccc21. The van der Waals surface area contributed by atoms with Gasteiger partial charge < -0.3 is 20.5 Å². The second-order valence-electron chi connectivity index (χ2n) is 5.61. The van der Waals surface area contributed by atoms with Gasteiger partial charge in [0, 0.05) is 23.2 Å². The highest BCUT2D eigenvalue weighted by Gasteiger charge is 2.22. The minimum atomic E-state index is -0.196. The third kappa shape index (κ3) is 4.78. The highest BCUT2D eigenvalue weighted by molar-refractivity contribution is 6.30. The van der Waals surface area contributed by atoms with Crippen molar-refractivity contribution in [2.45, 2.75) is 44.7 Å². The third-order valence-electron chi connectivity index (χ3n) is 3.72. The quantitative estimate of drug-likeness (QED) is 0.779. The van der Waals surface area contributed by atoms with Crippen LogP contribution in [0.5, 0.6) is 5.75 Å². The second-order valence-corrected chi connectivity index (χ2v) is 6.05. The first kappa shape index (κ1) is 16.9. The predicted molar refractivity (Wildman–Crippen MR) is 86.4 cm³/mol. The molecule has 5 nitrogen and oxygen atoms in total. The lowest BCUT2D eigenvalue weighted by atomic mass is 10.0. The molecule has 0 aromatic heterocycles. The molecule has 0 fully saturated rings. The van der Waals surface area contributed by atoms with Crippen molar-refractivity contribution in [1.29, 1.82) is 0 Å². The number of aliphatic hydroxyl groups is 1. The fourth-order valence-corrected chi connectivity index (χ4v) is 2.75. The molecule has 3 N–H and O–H groups in total. The molecule has 1 heterocycles. The van der Waals surface area contributed by atoms with E-state index >= 15 is 0 Å². The molecule has 1 aliphatic heterocycles. The zero-order valence-electron chi connectivity index (χ0n) is 12.8. The lowest BCUT2D eigenvalue weighted by Gasteiger charge is -2.21. The highest BCUT2D eigenvalue weighted by Crippen LogP contribution is 2.33. The summed E-state index contributed by atoms with van der Waals surface area (Å²) in [5.74, 6) is 0.739. The first-order valence-corrected chi connectivity index (χ1v) is 8.08. The number of ether oxygens (including phenoxy) is 1. The number of urea groups is 1. The molecule has 0 spiro atoms. The van der Waals surface area contributed by atoms with Crippen molar-refractivity contribution in [1.82, 2.24) is 10.6 Å². The predicted octanol–water partition coefficient (Wildman–Crippen LogP) is 3.01. The van der Waals surface area contributed by atoms with Crippen LogP contribution in [0.25, 0.3) is 0 Å². The number of rotatable bonds is 5. The average molecular weight is 327 g/mol. The molecule has 2 unspecified atom stereocenters. The molecule has 22 heavy (non-hydrogen) atoms. The summed E-state index contributed by atoms with van der Waals surface area (Å²) < 4.78 is 5.69. The summed E-state index contributed by atoms with van der Waals surface area (Å²) in [6.45, 7) is 2.70. The molecule has 2 rings (SSSR count). The van der Waals surface area contributed by atoms with E-state index in [9.17, 15) is 4.79 Å². The Bertz CT molecular complexity index is 510. The van der Waals surface area contributed by atoms with Crippen molar-refractivity contribution in [3.63, 3.8) is 0 Å². The Morgan fingerprint density at radius 2 is 2.36 bits per heavy atom. The van der Waals surface area contributed by atoms with E-state index in [-0.39, 0.29) is 24.7 Å².